The molecule has 0 aliphatic heterocycles. The molecule has 5 nitrogen and oxygen atoms in total. The van der Waals surface area contributed by atoms with Gasteiger partial charge in [0, 0.05) is 6.54 Å². The molecule has 0 saturated carbocycles. The van der Waals surface area contributed by atoms with Crippen LogP contribution in [-0.2, 0) is 0 Å². The maximum absolute atomic E-state index is 10.9. The van der Waals surface area contributed by atoms with Crippen molar-refractivity contribution in [3.8, 4) is 0 Å². The van der Waals surface area contributed by atoms with E-state index in [4.69, 9.17) is 4.42 Å². The third-order valence-corrected chi connectivity index (χ3v) is 1.18. The molecule has 0 aromatic carbocycles. The normalized spacial score (nSPS) is 9.50. The van der Waals surface area contributed by atoms with Crippen molar-refractivity contribution in [2.24, 2.45) is 0 Å². The number of oxazole rings is 1. The predicted molar refractivity (Wildman–Crippen MR) is 43.9 cm³/mol. The fourth-order valence-electron chi connectivity index (χ4n) is 0.713. The summed E-state index contributed by atoms with van der Waals surface area (Å²) >= 11 is 0. The van der Waals surface area contributed by atoms with Gasteiger partial charge in [0.2, 0.25) is 0 Å². The summed E-state index contributed by atoms with van der Waals surface area (Å²) in [5.74, 6) is 0. The fourth-order valence-corrected chi connectivity index (χ4v) is 0.713. The van der Waals surface area contributed by atoms with Gasteiger partial charge in [-0.2, -0.15) is 4.98 Å². The standard InChI is InChI=1S/C7H11N3O2/c1-3-8-6(11)10-7-9-5(2)4-12-7/h4H,3H2,1-2H3,(H2,8,9,10,11). The SMILES string of the molecule is CCNC(=O)Nc1nc(C)co1. The summed E-state index contributed by atoms with van der Waals surface area (Å²) in [4.78, 5) is 14.8. The molecule has 1 rings (SSSR count). The molecule has 1 heterocycles. The first-order chi connectivity index (χ1) is 5.72. The number of anilines is 1. The number of rotatable bonds is 2. The van der Waals surface area contributed by atoms with Crippen LogP contribution in [0.15, 0.2) is 10.7 Å². The Morgan fingerprint density at radius 1 is 1.75 bits per heavy atom. The van der Waals surface area contributed by atoms with Gasteiger partial charge in [-0.25, -0.2) is 4.79 Å². The van der Waals surface area contributed by atoms with Crippen molar-refractivity contribution in [1.29, 1.82) is 0 Å². The first-order valence-electron chi connectivity index (χ1n) is 3.69. The largest absolute Gasteiger partial charge is 0.432 e. The molecule has 0 atom stereocenters. The summed E-state index contributed by atoms with van der Waals surface area (Å²) in [5.41, 5.74) is 0.738. The number of amides is 2. The van der Waals surface area contributed by atoms with E-state index in [0.29, 0.717) is 6.54 Å². The summed E-state index contributed by atoms with van der Waals surface area (Å²) in [6.07, 6.45) is 1.47. The minimum atomic E-state index is -0.306. The Kier molecular flexibility index (Phi) is 2.68. The van der Waals surface area contributed by atoms with Crippen LogP contribution in [0.1, 0.15) is 12.6 Å². The molecule has 5 heteroatoms. The van der Waals surface area contributed by atoms with Crippen LogP contribution < -0.4 is 10.6 Å². The second-order valence-electron chi connectivity index (χ2n) is 2.28. The minimum Gasteiger partial charge on any atom is -0.432 e. The molecule has 0 saturated heterocycles. The van der Waals surface area contributed by atoms with Gasteiger partial charge in [-0.05, 0) is 13.8 Å². The summed E-state index contributed by atoms with van der Waals surface area (Å²) in [5, 5.41) is 4.99. The number of carbonyl (C=O) groups excluding carboxylic acids is 1. The van der Waals surface area contributed by atoms with Gasteiger partial charge in [0.25, 0.3) is 0 Å². The van der Waals surface area contributed by atoms with Crippen LogP contribution in [0.5, 0.6) is 0 Å². The number of aromatic nitrogens is 1. The third-order valence-electron chi connectivity index (χ3n) is 1.18. The summed E-state index contributed by atoms with van der Waals surface area (Å²) < 4.78 is 4.90. The van der Waals surface area contributed by atoms with Gasteiger partial charge < -0.3 is 9.73 Å². The van der Waals surface area contributed by atoms with E-state index in [2.05, 4.69) is 15.6 Å². The van der Waals surface area contributed by atoms with E-state index in [1.165, 1.54) is 6.26 Å². The zero-order chi connectivity index (χ0) is 8.97. The van der Waals surface area contributed by atoms with Crippen molar-refractivity contribution >= 4 is 12.0 Å². The first-order valence-corrected chi connectivity index (χ1v) is 3.69. The van der Waals surface area contributed by atoms with E-state index in [1.54, 1.807) is 6.92 Å². The van der Waals surface area contributed by atoms with Crippen LogP contribution in [0.3, 0.4) is 0 Å². The van der Waals surface area contributed by atoms with Gasteiger partial charge in [-0.1, -0.05) is 0 Å². The van der Waals surface area contributed by atoms with Crippen molar-refractivity contribution in [2.75, 3.05) is 11.9 Å². The molecule has 0 bridgehead atoms. The maximum atomic E-state index is 10.9. The van der Waals surface area contributed by atoms with Crippen molar-refractivity contribution < 1.29 is 9.21 Å². The fraction of sp³-hybridized carbons (Fsp3) is 0.429. The molecule has 2 amide bonds. The molecule has 2 N–H and O–H groups in total. The number of carbonyl (C=O) groups is 1. The Morgan fingerprint density at radius 2 is 2.50 bits per heavy atom. The Balaban J connectivity index is 2.46. The summed E-state index contributed by atoms with van der Waals surface area (Å²) in [6.45, 7) is 4.19. The number of aryl methyl sites for hydroxylation is 1. The average molecular weight is 169 g/mol. The van der Waals surface area contributed by atoms with E-state index < -0.39 is 0 Å². The van der Waals surface area contributed by atoms with Crippen LogP contribution in [-0.4, -0.2) is 17.6 Å². The van der Waals surface area contributed by atoms with E-state index in [0.717, 1.165) is 5.69 Å². The van der Waals surface area contributed by atoms with E-state index in [-0.39, 0.29) is 12.0 Å². The highest BCUT2D eigenvalue weighted by Crippen LogP contribution is 2.04. The molecule has 0 aliphatic carbocycles. The predicted octanol–water partition coefficient (Wildman–Crippen LogP) is 1.12. The molecular formula is C7H11N3O2. The highest BCUT2D eigenvalue weighted by Gasteiger charge is 2.03. The zero-order valence-corrected chi connectivity index (χ0v) is 7.05. The van der Waals surface area contributed by atoms with Gasteiger partial charge in [0.05, 0.1) is 5.69 Å². The van der Waals surface area contributed by atoms with Crippen molar-refractivity contribution in [2.45, 2.75) is 13.8 Å². The van der Waals surface area contributed by atoms with Gasteiger partial charge in [-0.3, -0.25) is 5.32 Å². The Bertz CT molecular complexity index is 269. The second-order valence-corrected chi connectivity index (χ2v) is 2.28. The molecule has 12 heavy (non-hydrogen) atoms. The van der Waals surface area contributed by atoms with E-state index >= 15 is 0 Å². The Hall–Kier alpha value is -1.52. The lowest BCUT2D eigenvalue weighted by Crippen LogP contribution is -2.28. The van der Waals surface area contributed by atoms with Gasteiger partial charge in [-0.15, -0.1) is 0 Å². The number of urea groups is 1. The molecule has 66 valence electrons. The van der Waals surface area contributed by atoms with Crippen LogP contribution >= 0.6 is 0 Å². The number of hydrogen-bond donors (Lipinski definition) is 2. The van der Waals surface area contributed by atoms with E-state index in [1.807, 2.05) is 6.92 Å². The molecular weight excluding hydrogens is 158 g/mol. The molecule has 0 unspecified atom stereocenters. The number of nitrogens with one attached hydrogen (secondary N) is 2. The van der Waals surface area contributed by atoms with Crippen LogP contribution in [0.2, 0.25) is 0 Å². The quantitative estimate of drug-likeness (QED) is 0.697. The molecule has 1 aromatic heterocycles. The molecule has 1 aromatic rings. The molecule has 0 aliphatic rings. The van der Waals surface area contributed by atoms with Crippen LogP contribution in [0, 0.1) is 6.92 Å². The average Bonchev–Trinajstić information content (AvgIpc) is 2.36. The highest BCUT2D eigenvalue weighted by atomic mass is 16.4. The maximum Gasteiger partial charge on any atom is 0.322 e. The lowest BCUT2D eigenvalue weighted by atomic mass is 10.6. The zero-order valence-electron chi connectivity index (χ0n) is 7.05. The van der Waals surface area contributed by atoms with E-state index in [9.17, 15) is 4.79 Å². The first kappa shape index (κ1) is 8.58. The van der Waals surface area contributed by atoms with Gasteiger partial charge in [0.1, 0.15) is 6.26 Å². The van der Waals surface area contributed by atoms with Crippen LogP contribution in [0.4, 0.5) is 10.8 Å². The Morgan fingerprint density at radius 3 is 3.00 bits per heavy atom. The lowest BCUT2D eigenvalue weighted by molar-refractivity contribution is 0.252. The van der Waals surface area contributed by atoms with Crippen molar-refractivity contribution in [1.82, 2.24) is 10.3 Å². The number of hydrogen-bond acceptors (Lipinski definition) is 3. The van der Waals surface area contributed by atoms with Gasteiger partial charge >= 0.3 is 12.0 Å². The lowest BCUT2D eigenvalue weighted by Gasteiger charge is -1.99. The third kappa shape index (κ3) is 2.26. The van der Waals surface area contributed by atoms with Crippen molar-refractivity contribution in [3.05, 3.63) is 12.0 Å². The monoisotopic (exact) mass is 169 g/mol. The second kappa shape index (κ2) is 3.75. The topological polar surface area (TPSA) is 67.2 Å². The summed E-state index contributed by atoms with van der Waals surface area (Å²) in [7, 11) is 0. The number of nitrogens with zero attached hydrogens (tertiary/aromatic N) is 1. The molecule has 0 spiro atoms. The van der Waals surface area contributed by atoms with Crippen LogP contribution in [0.25, 0.3) is 0 Å². The Labute approximate surface area is 70.2 Å². The smallest absolute Gasteiger partial charge is 0.322 e. The van der Waals surface area contributed by atoms with Crippen molar-refractivity contribution in [3.63, 3.8) is 0 Å². The van der Waals surface area contributed by atoms with Gasteiger partial charge in [0.15, 0.2) is 0 Å². The molecule has 0 fully saturated rings. The highest BCUT2D eigenvalue weighted by molar-refractivity contribution is 5.86. The molecule has 0 radical (unpaired) electrons. The summed E-state index contributed by atoms with van der Waals surface area (Å²) in [6, 6.07) is -0.0854. The minimum absolute atomic E-state index is 0.221.